The fourth-order valence-corrected chi connectivity index (χ4v) is 4.87. The molecule has 1 unspecified atom stereocenters. The van der Waals surface area contributed by atoms with E-state index in [0.29, 0.717) is 12.2 Å². The molecule has 2 aromatic carbocycles. The van der Waals surface area contributed by atoms with Gasteiger partial charge in [-0.1, -0.05) is 12.1 Å². The number of hydrogen-bond donors (Lipinski definition) is 3. The van der Waals surface area contributed by atoms with Gasteiger partial charge in [0.05, 0.1) is 16.8 Å². The number of fused-ring (bicyclic) bond motifs is 1. The first-order chi connectivity index (χ1) is 13.6. The summed E-state index contributed by atoms with van der Waals surface area (Å²) in [7, 11) is 0. The lowest BCUT2D eigenvalue weighted by atomic mass is 10.2. The van der Waals surface area contributed by atoms with Crippen molar-refractivity contribution in [3.8, 4) is 0 Å². The Labute approximate surface area is 167 Å². The molecule has 2 atom stereocenters. The van der Waals surface area contributed by atoms with E-state index in [0.717, 1.165) is 35.6 Å². The lowest BCUT2D eigenvalue weighted by Gasteiger charge is -2.19. The fourth-order valence-electron chi connectivity index (χ4n) is 3.71. The summed E-state index contributed by atoms with van der Waals surface area (Å²) < 4.78 is 1.20. The monoisotopic (exact) mass is 395 g/mol. The molecule has 0 spiro atoms. The van der Waals surface area contributed by atoms with E-state index < -0.39 is 0 Å². The number of anilines is 2. The van der Waals surface area contributed by atoms with Crippen molar-refractivity contribution in [1.82, 2.24) is 4.98 Å². The summed E-state index contributed by atoms with van der Waals surface area (Å²) in [6.07, 6.45) is 2.17. The minimum Gasteiger partial charge on any atom is -0.326 e. The van der Waals surface area contributed by atoms with E-state index in [4.69, 9.17) is 4.98 Å². The normalized spacial score (nSPS) is 18.9. The maximum Gasteiger partial charge on any atom is 0.279 e. The number of thiazole rings is 1. The molecule has 1 aliphatic rings. The van der Waals surface area contributed by atoms with Crippen LogP contribution in [0.3, 0.4) is 0 Å². The molecule has 3 aromatic rings. The highest BCUT2D eigenvalue weighted by molar-refractivity contribution is 7.18. The second-order valence-electron chi connectivity index (χ2n) is 7.11. The highest BCUT2D eigenvalue weighted by Crippen LogP contribution is 2.28. The van der Waals surface area contributed by atoms with Crippen LogP contribution in [0.2, 0.25) is 0 Å². The number of para-hydroxylation sites is 1. The number of benzene rings is 2. The van der Waals surface area contributed by atoms with Crippen molar-refractivity contribution in [3.63, 3.8) is 0 Å². The van der Waals surface area contributed by atoms with Gasteiger partial charge < -0.3 is 15.5 Å². The van der Waals surface area contributed by atoms with Crippen molar-refractivity contribution in [2.45, 2.75) is 25.8 Å². The average Bonchev–Trinajstić information content (AvgIpc) is 3.29. The molecule has 6 nitrogen and oxygen atoms in total. The second-order valence-corrected chi connectivity index (χ2v) is 8.17. The van der Waals surface area contributed by atoms with Crippen LogP contribution < -0.4 is 15.5 Å². The largest absolute Gasteiger partial charge is 0.326 e. The summed E-state index contributed by atoms with van der Waals surface area (Å²) in [6, 6.07) is 15.6. The van der Waals surface area contributed by atoms with Gasteiger partial charge in [-0.25, -0.2) is 4.98 Å². The Morgan fingerprint density at radius 2 is 1.82 bits per heavy atom. The SMILES string of the molecule is CC(=O)Nc1ccc(NC(=O)C[NH+]2CCC[C@H]2c2nc3ccccc3s2)cc1. The third-order valence-corrected chi connectivity index (χ3v) is 6.12. The van der Waals surface area contributed by atoms with Crippen molar-refractivity contribution in [1.29, 1.82) is 0 Å². The summed E-state index contributed by atoms with van der Waals surface area (Å²) in [5, 5.41) is 6.80. The van der Waals surface area contributed by atoms with Crippen LogP contribution in [0.5, 0.6) is 0 Å². The molecule has 2 amide bonds. The van der Waals surface area contributed by atoms with Crippen molar-refractivity contribution in [2.24, 2.45) is 0 Å². The summed E-state index contributed by atoms with van der Waals surface area (Å²) in [5.74, 6) is -0.120. The van der Waals surface area contributed by atoms with Gasteiger partial charge in [0, 0.05) is 31.1 Å². The van der Waals surface area contributed by atoms with Crippen LogP contribution in [0, 0.1) is 0 Å². The van der Waals surface area contributed by atoms with Gasteiger partial charge in [-0.05, 0) is 36.4 Å². The van der Waals surface area contributed by atoms with Gasteiger partial charge >= 0.3 is 0 Å². The number of aromatic nitrogens is 1. The zero-order chi connectivity index (χ0) is 19.5. The van der Waals surface area contributed by atoms with E-state index in [1.54, 1.807) is 35.6 Å². The van der Waals surface area contributed by atoms with Crippen LogP contribution in [-0.4, -0.2) is 29.9 Å². The molecule has 0 radical (unpaired) electrons. The maximum atomic E-state index is 12.6. The average molecular weight is 396 g/mol. The highest BCUT2D eigenvalue weighted by Gasteiger charge is 2.34. The van der Waals surface area contributed by atoms with Gasteiger partial charge in [0.2, 0.25) is 5.91 Å². The van der Waals surface area contributed by atoms with Crippen molar-refractivity contribution in [2.75, 3.05) is 23.7 Å². The van der Waals surface area contributed by atoms with E-state index in [-0.39, 0.29) is 17.9 Å². The van der Waals surface area contributed by atoms with Crippen molar-refractivity contribution in [3.05, 3.63) is 53.5 Å². The topological polar surface area (TPSA) is 75.5 Å². The molecule has 28 heavy (non-hydrogen) atoms. The zero-order valence-electron chi connectivity index (χ0n) is 15.7. The number of carbonyl (C=O) groups is 2. The zero-order valence-corrected chi connectivity index (χ0v) is 16.5. The van der Waals surface area contributed by atoms with E-state index >= 15 is 0 Å². The van der Waals surface area contributed by atoms with Gasteiger partial charge in [0.15, 0.2) is 11.6 Å². The van der Waals surface area contributed by atoms with Crippen LogP contribution in [0.4, 0.5) is 11.4 Å². The summed E-state index contributed by atoms with van der Waals surface area (Å²) in [4.78, 5) is 29.7. The molecule has 1 saturated heterocycles. The van der Waals surface area contributed by atoms with Crippen molar-refractivity contribution >= 4 is 44.7 Å². The lowest BCUT2D eigenvalue weighted by Crippen LogP contribution is -3.11. The number of hydrogen-bond acceptors (Lipinski definition) is 4. The van der Waals surface area contributed by atoms with Gasteiger partial charge in [-0.2, -0.15) is 0 Å². The molecule has 1 aromatic heterocycles. The molecule has 144 valence electrons. The molecule has 0 aliphatic carbocycles. The Morgan fingerprint density at radius 3 is 2.54 bits per heavy atom. The first kappa shape index (κ1) is 18.6. The van der Waals surface area contributed by atoms with Crippen LogP contribution >= 0.6 is 11.3 Å². The third kappa shape index (κ3) is 4.21. The Balaban J connectivity index is 1.40. The molecule has 0 saturated carbocycles. The van der Waals surface area contributed by atoms with Gasteiger partial charge in [0.1, 0.15) is 6.04 Å². The quantitative estimate of drug-likeness (QED) is 0.622. The lowest BCUT2D eigenvalue weighted by molar-refractivity contribution is -0.910. The number of carbonyl (C=O) groups excluding carboxylic acids is 2. The third-order valence-electron chi connectivity index (χ3n) is 4.97. The van der Waals surface area contributed by atoms with E-state index in [1.165, 1.54) is 16.5 Å². The highest BCUT2D eigenvalue weighted by atomic mass is 32.1. The number of nitrogens with one attached hydrogen (secondary N) is 3. The second kappa shape index (κ2) is 8.08. The standard InChI is InChI=1S/C21H22N4O2S/c1-14(26)22-15-8-10-16(11-9-15)23-20(27)13-25-12-4-6-18(25)21-24-17-5-2-3-7-19(17)28-21/h2-3,5,7-11,18H,4,6,12-13H2,1H3,(H,22,26)(H,23,27)/p+1/t18-/m0/s1. The molecule has 3 N–H and O–H groups in total. The van der Waals surface area contributed by atoms with Crippen LogP contribution in [0.1, 0.15) is 30.8 Å². The molecular weight excluding hydrogens is 372 g/mol. The number of nitrogens with zero attached hydrogens (tertiary/aromatic N) is 1. The molecular formula is C21H23N4O2S+. The van der Waals surface area contributed by atoms with Crippen LogP contribution in [0.25, 0.3) is 10.2 Å². The maximum absolute atomic E-state index is 12.6. The first-order valence-corrected chi connectivity index (χ1v) is 10.3. The smallest absolute Gasteiger partial charge is 0.279 e. The Bertz CT molecular complexity index is 966. The van der Waals surface area contributed by atoms with Crippen LogP contribution in [0.15, 0.2) is 48.5 Å². The molecule has 1 fully saturated rings. The fraction of sp³-hybridized carbons (Fsp3) is 0.286. The van der Waals surface area contributed by atoms with Gasteiger partial charge in [0.25, 0.3) is 5.91 Å². The Kier molecular flexibility index (Phi) is 5.36. The summed E-state index contributed by atoms with van der Waals surface area (Å²) >= 11 is 1.74. The number of likely N-dealkylation sites (tertiary alicyclic amines) is 1. The summed E-state index contributed by atoms with van der Waals surface area (Å²) in [5.41, 5.74) is 2.48. The van der Waals surface area contributed by atoms with Crippen LogP contribution in [-0.2, 0) is 9.59 Å². The van der Waals surface area contributed by atoms with E-state index in [2.05, 4.69) is 16.7 Å². The minimum atomic E-state index is -0.115. The molecule has 2 heterocycles. The number of rotatable bonds is 5. The first-order valence-electron chi connectivity index (χ1n) is 9.46. The van der Waals surface area contributed by atoms with Gasteiger partial charge in [-0.3, -0.25) is 9.59 Å². The molecule has 4 rings (SSSR count). The number of amides is 2. The predicted molar refractivity (Wildman–Crippen MR) is 112 cm³/mol. The number of quaternary nitrogens is 1. The predicted octanol–water partition coefficient (Wildman–Crippen LogP) is 2.61. The van der Waals surface area contributed by atoms with E-state index in [9.17, 15) is 9.59 Å². The molecule has 7 heteroatoms. The van der Waals surface area contributed by atoms with Gasteiger partial charge in [-0.15, -0.1) is 11.3 Å². The molecule has 1 aliphatic heterocycles. The van der Waals surface area contributed by atoms with E-state index in [1.807, 2.05) is 18.2 Å². The Hall–Kier alpha value is -2.77. The molecule has 0 bridgehead atoms. The summed E-state index contributed by atoms with van der Waals surface area (Å²) in [6.45, 7) is 2.87. The Morgan fingerprint density at radius 1 is 1.11 bits per heavy atom. The minimum absolute atomic E-state index is 0.00436. The van der Waals surface area contributed by atoms with Crippen molar-refractivity contribution < 1.29 is 14.5 Å².